The Morgan fingerprint density at radius 3 is 2.50 bits per heavy atom. The van der Waals surface area contributed by atoms with Crippen LogP contribution in [0.25, 0.3) is 0 Å². The Kier molecular flexibility index (Phi) is 5.28. The fourth-order valence-corrected chi connectivity index (χ4v) is 1.94. The number of nitrogens with one attached hydrogen (secondary N) is 1. The number of halogens is 4. The van der Waals surface area contributed by atoms with Crippen molar-refractivity contribution in [3.05, 3.63) is 28.8 Å². The van der Waals surface area contributed by atoms with Gasteiger partial charge in [0.15, 0.2) is 0 Å². The van der Waals surface area contributed by atoms with E-state index in [-0.39, 0.29) is 0 Å². The van der Waals surface area contributed by atoms with E-state index in [4.69, 9.17) is 11.6 Å². The van der Waals surface area contributed by atoms with E-state index in [0.29, 0.717) is 17.3 Å². The van der Waals surface area contributed by atoms with Gasteiger partial charge in [0.2, 0.25) is 0 Å². The molecule has 0 heterocycles. The van der Waals surface area contributed by atoms with E-state index in [2.05, 4.69) is 5.32 Å². The van der Waals surface area contributed by atoms with Crippen LogP contribution in [0.3, 0.4) is 0 Å². The van der Waals surface area contributed by atoms with E-state index < -0.39 is 12.7 Å². The Bertz CT molecular complexity index is 393. The van der Waals surface area contributed by atoms with Gasteiger partial charge < -0.3 is 10.2 Å². The Balaban J connectivity index is 2.78. The van der Waals surface area contributed by atoms with Gasteiger partial charge >= 0.3 is 6.18 Å². The Labute approximate surface area is 110 Å². The van der Waals surface area contributed by atoms with E-state index >= 15 is 0 Å². The zero-order chi connectivity index (χ0) is 13.8. The molecule has 0 saturated heterocycles. The summed E-state index contributed by atoms with van der Waals surface area (Å²) in [6.45, 7) is 2.44. The minimum atomic E-state index is -4.24. The Morgan fingerprint density at radius 2 is 2.00 bits per heavy atom. The first kappa shape index (κ1) is 15.1. The lowest BCUT2D eigenvalue weighted by Gasteiger charge is -2.22. The molecule has 0 radical (unpaired) electrons. The van der Waals surface area contributed by atoms with Gasteiger partial charge in [0, 0.05) is 13.6 Å². The summed E-state index contributed by atoms with van der Waals surface area (Å²) in [6, 6.07) is 5.07. The molecular formula is C12H16ClF3N2. The smallest absolute Gasteiger partial charge is 0.365 e. The van der Waals surface area contributed by atoms with Gasteiger partial charge in [-0.2, -0.15) is 13.2 Å². The highest BCUT2D eigenvalue weighted by Gasteiger charge is 2.29. The van der Waals surface area contributed by atoms with Gasteiger partial charge in [-0.15, -0.1) is 0 Å². The van der Waals surface area contributed by atoms with Crippen molar-refractivity contribution in [1.82, 2.24) is 5.32 Å². The molecule has 1 aromatic rings. The van der Waals surface area contributed by atoms with Crippen molar-refractivity contribution < 1.29 is 13.2 Å². The number of hydrogen-bond donors (Lipinski definition) is 1. The molecule has 6 heteroatoms. The van der Waals surface area contributed by atoms with E-state index in [0.717, 1.165) is 17.0 Å². The van der Waals surface area contributed by atoms with Crippen LogP contribution < -0.4 is 10.2 Å². The Morgan fingerprint density at radius 1 is 1.33 bits per heavy atom. The number of hydrogen-bond acceptors (Lipinski definition) is 2. The molecule has 2 nitrogen and oxygen atoms in total. The molecule has 0 aromatic heterocycles. The summed E-state index contributed by atoms with van der Waals surface area (Å²) in [7, 11) is 1.37. The van der Waals surface area contributed by atoms with Crippen LogP contribution in [0.5, 0.6) is 0 Å². The van der Waals surface area contributed by atoms with Crippen molar-refractivity contribution in [1.29, 1.82) is 0 Å². The van der Waals surface area contributed by atoms with Crippen LogP contribution in [0.4, 0.5) is 18.9 Å². The molecule has 0 aliphatic heterocycles. The highest BCUT2D eigenvalue weighted by Crippen LogP contribution is 2.28. The molecule has 1 aromatic carbocycles. The monoisotopic (exact) mass is 280 g/mol. The first-order valence-electron chi connectivity index (χ1n) is 5.60. The number of alkyl halides is 3. The SMILES string of the molecule is CCNCc1ccc(N(C)CC(F)(F)F)c(Cl)c1. The second kappa shape index (κ2) is 6.29. The predicted octanol–water partition coefficient (Wildman–Crippen LogP) is 3.45. The summed E-state index contributed by atoms with van der Waals surface area (Å²) in [5.74, 6) is 0. The maximum atomic E-state index is 12.3. The van der Waals surface area contributed by atoms with Gasteiger partial charge in [-0.3, -0.25) is 0 Å². The molecular weight excluding hydrogens is 265 g/mol. The molecule has 0 bridgehead atoms. The molecule has 18 heavy (non-hydrogen) atoms. The second-order valence-corrected chi connectivity index (χ2v) is 4.44. The van der Waals surface area contributed by atoms with Crippen LogP contribution in [0.2, 0.25) is 5.02 Å². The number of rotatable bonds is 5. The van der Waals surface area contributed by atoms with Gasteiger partial charge in [0.25, 0.3) is 0 Å². The zero-order valence-corrected chi connectivity index (χ0v) is 11.1. The third kappa shape index (κ3) is 4.74. The van der Waals surface area contributed by atoms with Gasteiger partial charge in [0.1, 0.15) is 6.54 Å². The quantitative estimate of drug-likeness (QED) is 0.889. The standard InChI is InChI=1S/C12H16ClF3N2/c1-3-17-7-9-4-5-11(10(13)6-9)18(2)8-12(14,15)16/h4-6,17H,3,7-8H2,1-2H3. The molecule has 0 aliphatic rings. The maximum Gasteiger partial charge on any atom is 0.405 e. The molecule has 0 saturated carbocycles. The fourth-order valence-electron chi connectivity index (χ4n) is 1.59. The molecule has 1 rings (SSSR count). The molecule has 0 spiro atoms. The minimum Gasteiger partial charge on any atom is -0.365 e. The van der Waals surface area contributed by atoms with Crippen LogP contribution in [0, 0.1) is 0 Å². The lowest BCUT2D eigenvalue weighted by atomic mass is 10.2. The lowest BCUT2D eigenvalue weighted by molar-refractivity contribution is -0.119. The highest BCUT2D eigenvalue weighted by molar-refractivity contribution is 6.33. The van der Waals surface area contributed by atoms with E-state index in [1.165, 1.54) is 7.05 Å². The van der Waals surface area contributed by atoms with Gasteiger partial charge in [-0.25, -0.2) is 0 Å². The normalized spacial score (nSPS) is 11.7. The second-order valence-electron chi connectivity index (χ2n) is 4.04. The summed E-state index contributed by atoms with van der Waals surface area (Å²) < 4.78 is 36.8. The molecule has 0 atom stereocenters. The van der Waals surface area contributed by atoms with Crippen molar-refractivity contribution in [3.63, 3.8) is 0 Å². The van der Waals surface area contributed by atoms with Gasteiger partial charge in [-0.05, 0) is 24.2 Å². The first-order chi connectivity index (χ1) is 8.33. The molecule has 0 fully saturated rings. The molecule has 0 aliphatic carbocycles. The fraction of sp³-hybridized carbons (Fsp3) is 0.500. The van der Waals surface area contributed by atoms with E-state index in [1.54, 1.807) is 18.2 Å². The van der Waals surface area contributed by atoms with Crippen molar-refractivity contribution >= 4 is 17.3 Å². The topological polar surface area (TPSA) is 15.3 Å². The molecule has 1 N–H and O–H groups in total. The van der Waals surface area contributed by atoms with Crippen LogP contribution in [0.15, 0.2) is 18.2 Å². The third-order valence-corrected chi connectivity index (χ3v) is 2.72. The predicted molar refractivity (Wildman–Crippen MR) is 68.2 cm³/mol. The van der Waals surface area contributed by atoms with Gasteiger partial charge in [0.05, 0.1) is 10.7 Å². The molecule has 0 amide bonds. The van der Waals surface area contributed by atoms with Crippen LogP contribution in [0.1, 0.15) is 12.5 Å². The largest absolute Gasteiger partial charge is 0.405 e. The summed E-state index contributed by atoms with van der Waals surface area (Å²) in [6.07, 6.45) is -4.24. The van der Waals surface area contributed by atoms with Crippen molar-refractivity contribution in [3.8, 4) is 0 Å². The zero-order valence-electron chi connectivity index (χ0n) is 10.3. The molecule has 102 valence electrons. The summed E-state index contributed by atoms with van der Waals surface area (Å²) in [4.78, 5) is 1.10. The lowest BCUT2D eigenvalue weighted by Crippen LogP contribution is -2.31. The van der Waals surface area contributed by atoms with Gasteiger partial charge in [-0.1, -0.05) is 24.6 Å². The third-order valence-electron chi connectivity index (χ3n) is 2.42. The summed E-state index contributed by atoms with van der Waals surface area (Å²) in [5.41, 5.74) is 1.33. The van der Waals surface area contributed by atoms with Crippen LogP contribution in [-0.2, 0) is 6.54 Å². The number of anilines is 1. The Hall–Kier alpha value is -0.940. The van der Waals surface area contributed by atoms with Crippen LogP contribution in [-0.4, -0.2) is 26.3 Å². The van der Waals surface area contributed by atoms with Crippen molar-refractivity contribution in [2.24, 2.45) is 0 Å². The van der Waals surface area contributed by atoms with Crippen LogP contribution >= 0.6 is 11.6 Å². The average molecular weight is 281 g/mol. The van der Waals surface area contributed by atoms with Crippen molar-refractivity contribution in [2.75, 3.05) is 25.0 Å². The summed E-state index contributed by atoms with van der Waals surface area (Å²) >= 11 is 6.00. The minimum absolute atomic E-state index is 0.331. The number of benzene rings is 1. The van der Waals surface area contributed by atoms with E-state index in [1.807, 2.05) is 6.92 Å². The maximum absolute atomic E-state index is 12.3. The van der Waals surface area contributed by atoms with Crippen molar-refractivity contribution in [2.45, 2.75) is 19.6 Å². The highest BCUT2D eigenvalue weighted by atomic mass is 35.5. The average Bonchev–Trinajstić information content (AvgIpc) is 2.23. The van der Waals surface area contributed by atoms with E-state index in [9.17, 15) is 13.2 Å². The molecule has 0 unspecified atom stereocenters. The first-order valence-corrected chi connectivity index (χ1v) is 5.98. The summed E-state index contributed by atoms with van der Waals surface area (Å²) in [5, 5.41) is 3.46. The number of nitrogens with zero attached hydrogens (tertiary/aromatic N) is 1.